The number of nitrogens with one attached hydrogen (secondary N) is 2. The van der Waals surface area contributed by atoms with Crippen LogP contribution < -0.4 is 15.4 Å². The van der Waals surface area contributed by atoms with Gasteiger partial charge >= 0.3 is 0 Å². The van der Waals surface area contributed by atoms with Crippen LogP contribution in [0.4, 0.5) is 0 Å². The summed E-state index contributed by atoms with van der Waals surface area (Å²) in [5.74, 6) is 2.26. The van der Waals surface area contributed by atoms with Crippen LogP contribution in [-0.2, 0) is 6.54 Å². The topological polar surface area (TPSA) is 63.5 Å². The fourth-order valence-electron chi connectivity index (χ4n) is 2.42. The summed E-state index contributed by atoms with van der Waals surface area (Å²) in [6.45, 7) is 11.6. The zero-order valence-corrected chi connectivity index (χ0v) is 19.0. The summed E-state index contributed by atoms with van der Waals surface area (Å²) >= 11 is 0. The molecule has 7 heteroatoms. The van der Waals surface area contributed by atoms with Gasteiger partial charge in [0, 0.05) is 25.5 Å². The molecule has 2 rings (SSSR count). The fourth-order valence-corrected chi connectivity index (χ4v) is 2.42. The highest BCUT2D eigenvalue weighted by Crippen LogP contribution is 2.18. The van der Waals surface area contributed by atoms with Crippen molar-refractivity contribution in [3.63, 3.8) is 0 Å². The Bertz CT molecular complexity index is 656. The summed E-state index contributed by atoms with van der Waals surface area (Å²) in [5, 5.41) is 6.75. The lowest BCUT2D eigenvalue weighted by atomic mass is 10.1. The molecule has 1 unspecified atom stereocenters. The molecule has 0 spiro atoms. The van der Waals surface area contributed by atoms with Gasteiger partial charge in [-0.2, -0.15) is 0 Å². The van der Waals surface area contributed by atoms with Crippen molar-refractivity contribution in [3.05, 3.63) is 48.5 Å². The molecule has 0 saturated carbocycles. The van der Waals surface area contributed by atoms with Gasteiger partial charge in [-0.1, -0.05) is 26.0 Å². The second-order valence-corrected chi connectivity index (χ2v) is 6.70. The largest absolute Gasteiger partial charge is 0.493 e. The molecule has 6 nitrogen and oxygen atoms in total. The van der Waals surface area contributed by atoms with E-state index >= 15 is 0 Å². The minimum Gasteiger partial charge on any atom is -0.493 e. The van der Waals surface area contributed by atoms with Crippen LogP contribution in [0.15, 0.2) is 48.0 Å². The number of aliphatic imine (C=N–C) groups is 1. The van der Waals surface area contributed by atoms with Gasteiger partial charge in [0.2, 0.25) is 0 Å². The van der Waals surface area contributed by atoms with E-state index in [1.807, 2.05) is 22.9 Å². The van der Waals surface area contributed by atoms with Crippen LogP contribution in [0.1, 0.15) is 39.3 Å². The maximum absolute atomic E-state index is 5.75. The smallest absolute Gasteiger partial charge is 0.191 e. The van der Waals surface area contributed by atoms with Gasteiger partial charge in [0.1, 0.15) is 5.75 Å². The molecule has 0 radical (unpaired) electrons. The summed E-state index contributed by atoms with van der Waals surface area (Å²) in [5.41, 5.74) is 1.20. The maximum Gasteiger partial charge on any atom is 0.191 e. The molecule has 1 heterocycles. The Hall–Kier alpha value is -1.77. The summed E-state index contributed by atoms with van der Waals surface area (Å²) in [6, 6.07) is 8.41. The third-order valence-electron chi connectivity index (χ3n) is 3.85. The average Bonchev–Trinajstić information content (AvgIpc) is 3.14. The van der Waals surface area contributed by atoms with Crippen molar-refractivity contribution in [2.45, 2.75) is 40.3 Å². The van der Waals surface area contributed by atoms with Crippen molar-refractivity contribution in [2.24, 2.45) is 10.9 Å². The maximum atomic E-state index is 5.75. The first-order chi connectivity index (χ1) is 12.6. The first kappa shape index (κ1) is 23.3. The van der Waals surface area contributed by atoms with E-state index in [1.165, 1.54) is 5.56 Å². The Morgan fingerprint density at radius 2 is 1.96 bits per heavy atom. The summed E-state index contributed by atoms with van der Waals surface area (Å²) < 4.78 is 7.77. The first-order valence-corrected chi connectivity index (χ1v) is 9.31. The van der Waals surface area contributed by atoms with Crippen LogP contribution in [0.25, 0.3) is 0 Å². The number of ether oxygens (including phenoxy) is 1. The van der Waals surface area contributed by atoms with E-state index in [9.17, 15) is 0 Å². The van der Waals surface area contributed by atoms with Crippen molar-refractivity contribution < 1.29 is 4.74 Å². The number of rotatable bonds is 9. The minimum absolute atomic E-state index is 0. The zero-order valence-electron chi connectivity index (χ0n) is 16.7. The molecule has 0 bridgehead atoms. The third-order valence-corrected chi connectivity index (χ3v) is 3.85. The zero-order chi connectivity index (χ0) is 18.8. The quantitative estimate of drug-likeness (QED) is 0.322. The standard InChI is InChI=1S/C20H31N5O.HI/c1-5-22-20(23-11-13-25-12-10-21-15-25)24-17(4)18-6-8-19(9-7-18)26-14-16(2)3;/h6-10,12,15-17H,5,11,13-14H2,1-4H3,(H2,22,23,24);1H. The average molecular weight is 485 g/mol. The molecule has 2 N–H and O–H groups in total. The Morgan fingerprint density at radius 1 is 1.22 bits per heavy atom. The molecule has 1 aromatic carbocycles. The number of imidazole rings is 1. The molecule has 0 saturated heterocycles. The highest BCUT2D eigenvalue weighted by atomic mass is 127. The van der Waals surface area contributed by atoms with Gasteiger partial charge < -0.3 is 19.9 Å². The van der Waals surface area contributed by atoms with Crippen LogP contribution >= 0.6 is 24.0 Å². The lowest BCUT2D eigenvalue weighted by Gasteiger charge is -2.19. The molecular formula is C20H32IN5O. The number of hydrogen-bond donors (Lipinski definition) is 2. The summed E-state index contributed by atoms with van der Waals surface area (Å²) in [4.78, 5) is 8.69. The van der Waals surface area contributed by atoms with Crippen LogP contribution in [0.5, 0.6) is 5.75 Å². The second-order valence-electron chi connectivity index (χ2n) is 6.70. The van der Waals surface area contributed by atoms with Crippen molar-refractivity contribution in [3.8, 4) is 5.75 Å². The lowest BCUT2D eigenvalue weighted by Crippen LogP contribution is -2.39. The number of hydrogen-bond acceptors (Lipinski definition) is 3. The van der Waals surface area contributed by atoms with Gasteiger partial charge in [0.25, 0.3) is 0 Å². The summed E-state index contributed by atoms with van der Waals surface area (Å²) in [6.07, 6.45) is 5.53. The van der Waals surface area contributed by atoms with Crippen molar-refractivity contribution in [1.29, 1.82) is 0 Å². The van der Waals surface area contributed by atoms with Crippen molar-refractivity contribution >= 4 is 29.9 Å². The normalized spacial score (nSPS) is 12.4. The third kappa shape index (κ3) is 8.64. The van der Waals surface area contributed by atoms with Crippen LogP contribution in [0.3, 0.4) is 0 Å². The summed E-state index contributed by atoms with van der Waals surface area (Å²) in [7, 11) is 0. The number of guanidine groups is 1. The molecule has 27 heavy (non-hydrogen) atoms. The van der Waals surface area contributed by atoms with Gasteiger partial charge in [0.15, 0.2) is 5.96 Å². The molecule has 1 aromatic heterocycles. The SMILES string of the molecule is CCNC(=NCCn1ccnc1)NC(C)c1ccc(OCC(C)C)cc1.I. The Morgan fingerprint density at radius 3 is 2.56 bits per heavy atom. The molecule has 2 aromatic rings. The predicted octanol–water partition coefficient (Wildman–Crippen LogP) is 3.85. The Labute approximate surface area is 179 Å². The fraction of sp³-hybridized carbons (Fsp3) is 0.500. The molecule has 0 fully saturated rings. The number of nitrogens with zero attached hydrogens (tertiary/aromatic N) is 3. The van der Waals surface area contributed by atoms with E-state index in [0.717, 1.165) is 31.4 Å². The van der Waals surface area contributed by atoms with Gasteiger partial charge in [0.05, 0.1) is 25.5 Å². The number of aromatic nitrogens is 2. The van der Waals surface area contributed by atoms with E-state index in [0.29, 0.717) is 12.5 Å². The molecule has 0 aliphatic heterocycles. The van der Waals surface area contributed by atoms with E-state index in [2.05, 4.69) is 60.4 Å². The van der Waals surface area contributed by atoms with Crippen LogP contribution in [0, 0.1) is 5.92 Å². The van der Waals surface area contributed by atoms with Crippen molar-refractivity contribution in [1.82, 2.24) is 20.2 Å². The van der Waals surface area contributed by atoms with E-state index in [4.69, 9.17) is 4.74 Å². The van der Waals surface area contributed by atoms with Gasteiger partial charge in [-0.25, -0.2) is 4.98 Å². The second kappa shape index (κ2) is 12.6. The minimum atomic E-state index is 0. The number of halogens is 1. The highest BCUT2D eigenvalue weighted by Gasteiger charge is 2.08. The van der Waals surface area contributed by atoms with Gasteiger partial charge in [-0.3, -0.25) is 4.99 Å². The molecule has 0 aliphatic carbocycles. The molecule has 0 aliphatic rings. The monoisotopic (exact) mass is 485 g/mol. The Kier molecular flexibility index (Phi) is 10.8. The van der Waals surface area contributed by atoms with E-state index < -0.39 is 0 Å². The first-order valence-electron chi connectivity index (χ1n) is 9.31. The van der Waals surface area contributed by atoms with Crippen LogP contribution in [0.2, 0.25) is 0 Å². The van der Waals surface area contributed by atoms with Gasteiger partial charge in [-0.05, 0) is 37.5 Å². The molecule has 0 amide bonds. The van der Waals surface area contributed by atoms with Crippen molar-refractivity contribution in [2.75, 3.05) is 19.7 Å². The number of benzene rings is 1. The molecular weight excluding hydrogens is 453 g/mol. The van der Waals surface area contributed by atoms with Crippen LogP contribution in [-0.4, -0.2) is 35.2 Å². The molecule has 1 atom stereocenters. The lowest BCUT2D eigenvalue weighted by molar-refractivity contribution is 0.271. The highest BCUT2D eigenvalue weighted by molar-refractivity contribution is 14.0. The Balaban J connectivity index is 0.00000364. The molecule has 150 valence electrons. The van der Waals surface area contributed by atoms with E-state index in [1.54, 1.807) is 12.5 Å². The van der Waals surface area contributed by atoms with E-state index in [-0.39, 0.29) is 30.0 Å². The predicted molar refractivity (Wildman–Crippen MR) is 122 cm³/mol. The van der Waals surface area contributed by atoms with Gasteiger partial charge in [-0.15, -0.1) is 24.0 Å².